The molecule has 0 aliphatic rings. The Kier molecular flexibility index (Phi) is 4.21. The summed E-state index contributed by atoms with van der Waals surface area (Å²) in [6.07, 6.45) is -4.92. The molecule has 4 nitrogen and oxygen atoms in total. The van der Waals surface area contributed by atoms with Crippen molar-refractivity contribution in [2.45, 2.75) is 20.0 Å². The molecule has 1 heterocycles. The van der Waals surface area contributed by atoms with Gasteiger partial charge in [0.25, 0.3) is 0 Å². The number of pyridine rings is 1. The molecule has 1 aromatic carbocycles. The number of alkyl halides is 3. The number of anilines is 1. The number of nitrogens with two attached hydrogens (primary N) is 1. The van der Waals surface area contributed by atoms with Crippen LogP contribution in [0.25, 0.3) is 11.3 Å². The minimum atomic E-state index is -4.92. The van der Waals surface area contributed by atoms with Gasteiger partial charge in [-0.25, -0.2) is 18.6 Å². The van der Waals surface area contributed by atoms with Gasteiger partial charge < -0.3 is 10.8 Å². The highest BCUT2D eigenvalue weighted by Crippen LogP contribution is 2.37. The summed E-state index contributed by atoms with van der Waals surface area (Å²) in [5, 5.41) is 9.06. The van der Waals surface area contributed by atoms with Crippen molar-refractivity contribution in [3.05, 3.63) is 46.2 Å². The number of carbonyl (C=O) groups is 1. The van der Waals surface area contributed by atoms with Crippen LogP contribution in [0.4, 0.5) is 27.6 Å². The van der Waals surface area contributed by atoms with Gasteiger partial charge in [-0.05, 0) is 25.5 Å². The van der Waals surface area contributed by atoms with Crippen LogP contribution in [0.5, 0.6) is 0 Å². The summed E-state index contributed by atoms with van der Waals surface area (Å²) in [6, 6.07) is 1.27. The number of carboxylic acid groups (broad SMARTS) is 1. The van der Waals surface area contributed by atoms with Crippen LogP contribution in [0.1, 0.15) is 27.2 Å². The first-order chi connectivity index (χ1) is 11.0. The molecular formula is C15H11F5N2O2. The molecule has 2 rings (SSSR count). The van der Waals surface area contributed by atoms with E-state index >= 15 is 0 Å². The van der Waals surface area contributed by atoms with Gasteiger partial charge in [0.1, 0.15) is 11.5 Å². The molecule has 3 N–H and O–H groups in total. The van der Waals surface area contributed by atoms with Gasteiger partial charge in [-0.1, -0.05) is 6.07 Å². The molecule has 0 amide bonds. The summed E-state index contributed by atoms with van der Waals surface area (Å²) in [4.78, 5) is 14.7. The van der Waals surface area contributed by atoms with E-state index in [1.165, 1.54) is 6.92 Å². The molecule has 0 bridgehead atoms. The number of nitrogens with zero attached hydrogens (tertiary/aromatic N) is 1. The highest BCUT2D eigenvalue weighted by atomic mass is 19.4. The minimum Gasteiger partial charge on any atom is -0.477 e. The van der Waals surface area contributed by atoms with Gasteiger partial charge >= 0.3 is 12.1 Å². The molecule has 2 aromatic rings. The Balaban J connectivity index is 2.79. The predicted molar refractivity (Wildman–Crippen MR) is 75.4 cm³/mol. The lowest BCUT2D eigenvalue weighted by Crippen LogP contribution is -2.12. The van der Waals surface area contributed by atoms with Crippen LogP contribution in [0, 0.1) is 25.5 Å². The molecule has 0 atom stereocenters. The van der Waals surface area contributed by atoms with Gasteiger partial charge in [0, 0.05) is 11.1 Å². The molecule has 0 aliphatic carbocycles. The van der Waals surface area contributed by atoms with Crippen molar-refractivity contribution >= 4 is 11.7 Å². The molecule has 128 valence electrons. The Morgan fingerprint density at radius 1 is 1.12 bits per heavy atom. The second kappa shape index (κ2) is 5.73. The van der Waals surface area contributed by atoms with Crippen molar-refractivity contribution in [1.29, 1.82) is 0 Å². The van der Waals surface area contributed by atoms with Gasteiger partial charge in [-0.3, -0.25) is 0 Å². The fourth-order valence-corrected chi connectivity index (χ4v) is 2.21. The van der Waals surface area contributed by atoms with Gasteiger partial charge in [-0.15, -0.1) is 0 Å². The quantitative estimate of drug-likeness (QED) is 0.808. The zero-order chi connectivity index (χ0) is 18.4. The summed E-state index contributed by atoms with van der Waals surface area (Å²) in [7, 11) is 0. The van der Waals surface area contributed by atoms with E-state index < -0.39 is 52.0 Å². The number of aromatic nitrogens is 1. The van der Waals surface area contributed by atoms with E-state index in [0.29, 0.717) is 6.07 Å². The zero-order valence-corrected chi connectivity index (χ0v) is 12.4. The van der Waals surface area contributed by atoms with Crippen LogP contribution < -0.4 is 5.73 Å². The average Bonchev–Trinajstić information content (AvgIpc) is 2.47. The van der Waals surface area contributed by atoms with E-state index in [0.717, 1.165) is 13.0 Å². The van der Waals surface area contributed by atoms with Gasteiger partial charge in [0.05, 0.1) is 11.3 Å². The lowest BCUT2D eigenvalue weighted by atomic mass is 9.99. The van der Waals surface area contributed by atoms with Crippen LogP contribution >= 0.6 is 0 Å². The zero-order valence-electron chi connectivity index (χ0n) is 12.4. The van der Waals surface area contributed by atoms with E-state index in [1.54, 1.807) is 0 Å². The van der Waals surface area contributed by atoms with Crippen LogP contribution in [0.2, 0.25) is 0 Å². The Labute approximate surface area is 132 Å². The highest BCUT2D eigenvalue weighted by Gasteiger charge is 2.35. The van der Waals surface area contributed by atoms with E-state index in [1.807, 2.05) is 0 Å². The van der Waals surface area contributed by atoms with E-state index in [9.17, 15) is 26.7 Å². The Morgan fingerprint density at radius 2 is 1.71 bits per heavy atom. The van der Waals surface area contributed by atoms with Crippen LogP contribution in [0.15, 0.2) is 12.1 Å². The smallest absolute Gasteiger partial charge is 0.419 e. The largest absolute Gasteiger partial charge is 0.477 e. The topological polar surface area (TPSA) is 76.2 Å². The first-order valence-electron chi connectivity index (χ1n) is 6.52. The predicted octanol–water partition coefficient (Wildman–Crippen LogP) is 3.94. The number of benzene rings is 1. The van der Waals surface area contributed by atoms with Crippen LogP contribution in [-0.2, 0) is 6.18 Å². The van der Waals surface area contributed by atoms with Crippen molar-refractivity contribution in [3.8, 4) is 11.3 Å². The molecule has 0 aliphatic heterocycles. The number of nitrogen functional groups attached to an aromatic ring is 1. The van der Waals surface area contributed by atoms with Crippen molar-refractivity contribution < 1.29 is 31.9 Å². The molecule has 9 heteroatoms. The monoisotopic (exact) mass is 346 g/mol. The molecule has 0 spiro atoms. The maximum atomic E-state index is 14.3. The number of carboxylic acids is 1. The number of rotatable bonds is 2. The first-order valence-corrected chi connectivity index (χ1v) is 6.52. The summed E-state index contributed by atoms with van der Waals surface area (Å²) in [5.41, 5.74) is 1.31. The fourth-order valence-electron chi connectivity index (χ4n) is 2.21. The lowest BCUT2D eigenvalue weighted by Gasteiger charge is -2.15. The highest BCUT2D eigenvalue weighted by molar-refractivity contribution is 5.90. The van der Waals surface area contributed by atoms with Gasteiger partial charge in [0.2, 0.25) is 0 Å². The summed E-state index contributed by atoms with van der Waals surface area (Å²) >= 11 is 0. The molecule has 0 saturated carbocycles. The molecule has 0 fully saturated rings. The number of halogens is 5. The normalized spacial score (nSPS) is 11.6. The number of aromatic carboxylic acids is 1. The molecule has 0 unspecified atom stereocenters. The third kappa shape index (κ3) is 2.77. The van der Waals surface area contributed by atoms with Crippen molar-refractivity contribution in [3.63, 3.8) is 0 Å². The standard InChI is InChI=1S/C15H11F5N2O2/c1-5-7(3-4-8(9(5)16)15(18,19)20)13-10(17)11(21)6(2)12(22-13)14(23)24/h3-4H,1-2H3,(H2,21,22)(H,23,24). The molecule has 0 saturated heterocycles. The van der Waals surface area contributed by atoms with Crippen molar-refractivity contribution in [2.75, 3.05) is 5.73 Å². The SMILES string of the molecule is Cc1c(C(=O)O)nc(-c2ccc(C(F)(F)F)c(F)c2C)c(F)c1N. The van der Waals surface area contributed by atoms with Crippen LogP contribution in [-0.4, -0.2) is 16.1 Å². The Bertz CT molecular complexity index is 847. The number of hydrogen-bond donors (Lipinski definition) is 2. The van der Waals surface area contributed by atoms with Gasteiger partial charge in [-0.2, -0.15) is 13.2 Å². The summed E-state index contributed by atoms with van der Waals surface area (Å²) < 4.78 is 66.4. The van der Waals surface area contributed by atoms with E-state index in [4.69, 9.17) is 10.8 Å². The maximum Gasteiger partial charge on any atom is 0.419 e. The maximum absolute atomic E-state index is 14.3. The van der Waals surface area contributed by atoms with Crippen LogP contribution in [0.3, 0.4) is 0 Å². The van der Waals surface area contributed by atoms with Crippen molar-refractivity contribution in [1.82, 2.24) is 4.98 Å². The Morgan fingerprint density at radius 3 is 2.21 bits per heavy atom. The van der Waals surface area contributed by atoms with E-state index in [-0.39, 0.29) is 11.1 Å². The second-order valence-corrected chi connectivity index (χ2v) is 5.06. The molecular weight excluding hydrogens is 335 g/mol. The average molecular weight is 346 g/mol. The molecule has 24 heavy (non-hydrogen) atoms. The number of hydrogen-bond acceptors (Lipinski definition) is 3. The summed E-state index contributed by atoms with van der Waals surface area (Å²) in [6.45, 7) is 2.25. The minimum absolute atomic E-state index is 0.131. The molecule has 0 radical (unpaired) electrons. The third-order valence-electron chi connectivity index (χ3n) is 3.58. The third-order valence-corrected chi connectivity index (χ3v) is 3.58. The van der Waals surface area contributed by atoms with E-state index in [2.05, 4.69) is 4.98 Å². The first kappa shape index (κ1) is 17.6. The lowest BCUT2D eigenvalue weighted by molar-refractivity contribution is -0.140. The van der Waals surface area contributed by atoms with Gasteiger partial charge in [0.15, 0.2) is 11.5 Å². The Hall–Kier alpha value is -2.71. The summed E-state index contributed by atoms with van der Waals surface area (Å²) in [5.74, 6) is -4.21. The molecule has 1 aromatic heterocycles. The second-order valence-electron chi connectivity index (χ2n) is 5.06. The fraction of sp³-hybridized carbons (Fsp3) is 0.200. The van der Waals surface area contributed by atoms with Crippen molar-refractivity contribution in [2.24, 2.45) is 0 Å².